The highest BCUT2D eigenvalue weighted by Gasteiger charge is 2.08. The Kier molecular flexibility index (Phi) is 6.03. The lowest BCUT2D eigenvalue weighted by atomic mass is 10.1. The van der Waals surface area contributed by atoms with E-state index in [0.717, 1.165) is 23.3 Å². The zero-order valence-electron chi connectivity index (χ0n) is 13.9. The average Bonchev–Trinajstić information content (AvgIpc) is 2.55. The molecule has 0 bridgehead atoms. The van der Waals surface area contributed by atoms with Crippen LogP contribution in [0.4, 0.5) is 10.5 Å². The molecule has 0 aromatic heterocycles. The predicted molar refractivity (Wildman–Crippen MR) is 92.0 cm³/mol. The molecule has 0 unspecified atom stereocenters. The molecule has 1 N–H and O–H groups in total. The van der Waals surface area contributed by atoms with Crippen LogP contribution in [0.5, 0.6) is 5.75 Å². The zero-order chi connectivity index (χ0) is 16.7. The molecule has 2 aromatic rings. The SMILES string of the molecule is CCOC(=O)Nc1ccccc1COc1ccc(CC)cc1C. The van der Waals surface area contributed by atoms with Gasteiger partial charge in [-0.2, -0.15) is 0 Å². The van der Waals surface area contributed by atoms with E-state index in [9.17, 15) is 4.79 Å². The normalized spacial score (nSPS) is 10.2. The van der Waals surface area contributed by atoms with Gasteiger partial charge in [-0.25, -0.2) is 4.79 Å². The van der Waals surface area contributed by atoms with Gasteiger partial charge in [-0.1, -0.05) is 37.3 Å². The van der Waals surface area contributed by atoms with E-state index in [4.69, 9.17) is 9.47 Å². The Morgan fingerprint density at radius 1 is 1.13 bits per heavy atom. The second kappa shape index (κ2) is 8.22. The Morgan fingerprint density at radius 2 is 1.91 bits per heavy atom. The maximum absolute atomic E-state index is 11.6. The van der Waals surface area contributed by atoms with Crippen molar-refractivity contribution in [3.63, 3.8) is 0 Å². The van der Waals surface area contributed by atoms with Gasteiger partial charge in [0, 0.05) is 5.56 Å². The topological polar surface area (TPSA) is 47.6 Å². The second-order valence-electron chi connectivity index (χ2n) is 5.24. The predicted octanol–water partition coefficient (Wildman–Crippen LogP) is 4.70. The van der Waals surface area contributed by atoms with Crippen molar-refractivity contribution in [3.8, 4) is 5.75 Å². The molecule has 0 aliphatic rings. The minimum atomic E-state index is -0.455. The number of hydrogen-bond donors (Lipinski definition) is 1. The number of carbonyl (C=O) groups excluding carboxylic acids is 1. The summed E-state index contributed by atoms with van der Waals surface area (Å²) in [5.74, 6) is 0.855. The Morgan fingerprint density at radius 3 is 2.61 bits per heavy atom. The van der Waals surface area contributed by atoms with Crippen molar-refractivity contribution in [3.05, 3.63) is 59.2 Å². The van der Waals surface area contributed by atoms with Crippen molar-refractivity contribution < 1.29 is 14.3 Å². The summed E-state index contributed by atoms with van der Waals surface area (Å²) in [7, 11) is 0. The third kappa shape index (κ3) is 4.74. The molecule has 0 atom stereocenters. The minimum Gasteiger partial charge on any atom is -0.489 e. The molecule has 0 saturated heterocycles. The standard InChI is InChI=1S/C19H23NO3/c1-4-15-10-11-18(14(3)12-15)23-13-16-8-6-7-9-17(16)20-19(21)22-5-2/h6-12H,4-5,13H2,1-3H3,(H,20,21). The van der Waals surface area contributed by atoms with Crippen LogP contribution in [0.2, 0.25) is 0 Å². The molecule has 0 heterocycles. The summed E-state index contributed by atoms with van der Waals surface area (Å²) in [6, 6.07) is 13.8. The molecule has 4 heteroatoms. The molecule has 0 spiro atoms. The molecule has 0 radical (unpaired) electrons. The number of ether oxygens (including phenoxy) is 2. The number of anilines is 1. The van der Waals surface area contributed by atoms with Crippen molar-refractivity contribution in [2.45, 2.75) is 33.8 Å². The molecule has 0 saturated carbocycles. The first-order valence-corrected chi connectivity index (χ1v) is 7.88. The van der Waals surface area contributed by atoms with Crippen LogP contribution in [0.15, 0.2) is 42.5 Å². The summed E-state index contributed by atoms with van der Waals surface area (Å²) in [4.78, 5) is 11.6. The number of nitrogens with one attached hydrogen (secondary N) is 1. The number of para-hydroxylation sites is 1. The van der Waals surface area contributed by atoms with Crippen molar-refractivity contribution in [1.29, 1.82) is 0 Å². The van der Waals surface area contributed by atoms with Crippen molar-refractivity contribution in [2.24, 2.45) is 0 Å². The highest BCUT2D eigenvalue weighted by atomic mass is 16.5. The molecule has 0 fully saturated rings. The smallest absolute Gasteiger partial charge is 0.411 e. The van der Waals surface area contributed by atoms with Gasteiger partial charge in [0.05, 0.1) is 12.3 Å². The summed E-state index contributed by atoms with van der Waals surface area (Å²) in [5.41, 5.74) is 4.01. The van der Waals surface area contributed by atoms with Crippen LogP contribution in [0.25, 0.3) is 0 Å². The quantitative estimate of drug-likeness (QED) is 0.840. The maximum Gasteiger partial charge on any atom is 0.411 e. The maximum atomic E-state index is 11.6. The molecular weight excluding hydrogens is 290 g/mol. The summed E-state index contributed by atoms with van der Waals surface area (Å²) < 4.78 is 10.8. The van der Waals surface area contributed by atoms with E-state index >= 15 is 0 Å². The third-order valence-electron chi connectivity index (χ3n) is 3.56. The van der Waals surface area contributed by atoms with Gasteiger partial charge >= 0.3 is 6.09 Å². The van der Waals surface area contributed by atoms with Gasteiger partial charge in [0.2, 0.25) is 0 Å². The van der Waals surface area contributed by atoms with Gasteiger partial charge in [-0.15, -0.1) is 0 Å². The van der Waals surface area contributed by atoms with Crippen molar-refractivity contribution in [1.82, 2.24) is 0 Å². The number of amides is 1. The number of hydrogen-bond acceptors (Lipinski definition) is 3. The van der Waals surface area contributed by atoms with Crippen LogP contribution in [0, 0.1) is 6.92 Å². The Hall–Kier alpha value is -2.49. The lowest BCUT2D eigenvalue weighted by Gasteiger charge is -2.14. The largest absolute Gasteiger partial charge is 0.489 e. The van der Waals surface area contributed by atoms with E-state index in [2.05, 4.69) is 24.4 Å². The monoisotopic (exact) mass is 313 g/mol. The molecule has 4 nitrogen and oxygen atoms in total. The average molecular weight is 313 g/mol. The van der Waals surface area contributed by atoms with Crippen LogP contribution in [0.1, 0.15) is 30.5 Å². The van der Waals surface area contributed by atoms with Crippen LogP contribution in [-0.2, 0) is 17.8 Å². The van der Waals surface area contributed by atoms with Crippen LogP contribution >= 0.6 is 0 Å². The zero-order valence-corrected chi connectivity index (χ0v) is 13.9. The number of carbonyl (C=O) groups is 1. The Balaban J connectivity index is 2.07. The fourth-order valence-electron chi connectivity index (χ4n) is 2.29. The first-order chi connectivity index (χ1) is 11.1. The molecule has 1 amide bonds. The van der Waals surface area contributed by atoms with Crippen LogP contribution < -0.4 is 10.1 Å². The Labute approximate surface area is 137 Å². The van der Waals surface area contributed by atoms with Crippen LogP contribution in [0.3, 0.4) is 0 Å². The van der Waals surface area contributed by atoms with E-state index in [0.29, 0.717) is 18.9 Å². The fraction of sp³-hybridized carbons (Fsp3) is 0.316. The Bertz CT molecular complexity index is 667. The second-order valence-corrected chi connectivity index (χ2v) is 5.24. The first-order valence-electron chi connectivity index (χ1n) is 7.88. The highest BCUT2D eigenvalue weighted by Crippen LogP contribution is 2.23. The lowest BCUT2D eigenvalue weighted by Crippen LogP contribution is -2.15. The van der Waals surface area contributed by atoms with Gasteiger partial charge in [-0.3, -0.25) is 5.32 Å². The van der Waals surface area contributed by atoms with Gasteiger partial charge in [0.1, 0.15) is 12.4 Å². The third-order valence-corrected chi connectivity index (χ3v) is 3.56. The van der Waals surface area contributed by atoms with Crippen molar-refractivity contribution >= 4 is 11.8 Å². The summed E-state index contributed by atoms with van der Waals surface area (Å²) in [5, 5.41) is 2.74. The van der Waals surface area contributed by atoms with Gasteiger partial charge in [0.25, 0.3) is 0 Å². The molecule has 0 aliphatic heterocycles. The fourth-order valence-corrected chi connectivity index (χ4v) is 2.29. The molecule has 23 heavy (non-hydrogen) atoms. The summed E-state index contributed by atoms with van der Waals surface area (Å²) in [6.07, 6.45) is 0.552. The molecule has 122 valence electrons. The van der Waals surface area contributed by atoms with E-state index in [1.54, 1.807) is 6.92 Å². The van der Waals surface area contributed by atoms with E-state index in [1.165, 1.54) is 5.56 Å². The van der Waals surface area contributed by atoms with Gasteiger partial charge in [0.15, 0.2) is 0 Å². The highest BCUT2D eigenvalue weighted by molar-refractivity contribution is 5.85. The first kappa shape index (κ1) is 16.9. The molecule has 0 aliphatic carbocycles. The van der Waals surface area contributed by atoms with E-state index in [1.807, 2.05) is 37.3 Å². The van der Waals surface area contributed by atoms with Crippen LogP contribution in [-0.4, -0.2) is 12.7 Å². The molecule has 2 aromatic carbocycles. The molecular formula is C19H23NO3. The lowest BCUT2D eigenvalue weighted by molar-refractivity contribution is 0.168. The van der Waals surface area contributed by atoms with Crippen molar-refractivity contribution in [2.75, 3.05) is 11.9 Å². The number of aryl methyl sites for hydroxylation is 2. The van der Waals surface area contributed by atoms with Gasteiger partial charge in [-0.05, 0) is 43.5 Å². The van der Waals surface area contributed by atoms with E-state index < -0.39 is 6.09 Å². The number of rotatable bonds is 6. The number of benzene rings is 2. The summed E-state index contributed by atoms with van der Waals surface area (Å²) in [6.45, 7) is 6.67. The molecule has 2 rings (SSSR count). The summed E-state index contributed by atoms with van der Waals surface area (Å²) >= 11 is 0. The minimum absolute atomic E-state index is 0.341. The van der Waals surface area contributed by atoms with Gasteiger partial charge < -0.3 is 9.47 Å². The van der Waals surface area contributed by atoms with E-state index in [-0.39, 0.29) is 0 Å².